The number of esters is 1. The van der Waals surface area contributed by atoms with E-state index in [0.717, 1.165) is 14.5 Å². The molecule has 0 radical (unpaired) electrons. The van der Waals surface area contributed by atoms with Crippen molar-refractivity contribution in [2.24, 2.45) is 0 Å². The molecule has 0 saturated heterocycles. The van der Waals surface area contributed by atoms with Crippen molar-refractivity contribution < 1.29 is 19.0 Å². The minimum Gasteiger partial charge on any atom is -0.456 e. The minimum atomic E-state index is -0.572. The lowest BCUT2D eigenvalue weighted by Crippen LogP contribution is -2.09. The van der Waals surface area contributed by atoms with E-state index in [9.17, 15) is 14.3 Å². The molecular formula is C29H18Br2ClFN4O3. The number of benzene rings is 2. The second-order valence-electron chi connectivity index (χ2n) is 8.91. The Morgan fingerprint density at radius 2 is 1.48 bits per heavy atom. The number of imidazole rings is 2. The molecule has 6 aromatic rings. The van der Waals surface area contributed by atoms with Crippen LogP contribution in [0.2, 0.25) is 5.02 Å². The van der Waals surface area contributed by atoms with Gasteiger partial charge < -0.3 is 14.2 Å². The Morgan fingerprint density at radius 1 is 0.850 bits per heavy atom. The lowest BCUT2D eigenvalue weighted by Gasteiger charge is -2.09. The number of fused-ring (bicyclic) bond motifs is 2. The maximum absolute atomic E-state index is 13.8. The monoisotopic (exact) mass is 682 g/mol. The number of halogens is 4. The number of aliphatic hydroxyl groups excluding tert-OH is 1. The summed E-state index contributed by atoms with van der Waals surface area (Å²) in [6.07, 6.45) is 3.42. The largest absolute Gasteiger partial charge is 0.456 e. The van der Waals surface area contributed by atoms with Crippen LogP contribution in [-0.2, 0) is 18.0 Å². The Labute approximate surface area is 249 Å². The predicted octanol–water partition coefficient (Wildman–Crippen LogP) is 7.48. The Morgan fingerprint density at radius 3 is 2.17 bits per heavy atom. The van der Waals surface area contributed by atoms with E-state index in [1.165, 1.54) is 12.1 Å². The van der Waals surface area contributed by atoms with E-state index in [1.807, 2.05) is 42.6 Å². The number of aliphatic hydroxyl groups is 1. The van der Waals surface area contributed by atoms with Gasteiger partial charge in [0.15, 0.2) is 0 Å². The number of carbonyl (C=O) groups is 1. The number of hydrogen-bond acceptors (Lipinski definition) is 5. The number of carbonyl (C=O) groups excluding carboxylic acids is 1. The normalized spacial score (nSPS) is 11.4. The summed E-state index contributed by atoms with van der Waals surface area (Å²) in [5, 5.41) is 10.1. The highest BCUT2D eigenvalue weighted by Gasteiger charge is 2.20. The first kappa shape index (κ1) is 26.6. The van der Waals surface area contributed by atoms with Crippen molar-refractivity contribution in [3.05, 3.63) is 116 Å². The lowest BCUT2D eigenvalue weighted by atomic mass is 10.1. The van der Waals surface area contributed by atoms with Crippen LogP contribution >= 0.6 is 43.5 Å². The summed E-state index contributed by atoms with van der Waals surface area (Å²) < 4.78 is 24.8. The molecule has 0 aliphatic heterocycles. The summed E-state index contributed by atoms with van der Waals surface area (Å²) in [5.41, 5.74) is 5.19. The molecule has 0 aliphatic rings. The molecule has 1 N–H and O–H groups in total. The van der Waals surface area contributed by atoms with Crippen molar-refractivity contribution in [3.63, 3.8) is 0 Å². The summed E-state index contributed by atoms with van der Waals surface area (Å²) in [7, 11) is 0. The Kier molecular flexibility index (Phi) is 7.18. The van der Waals surface area contributed by atoms with Gasteiger partial charge in [0.2, 0.25) is 0 Å². The van der Waals surface area contributed by atoms with Gasteiger partial charge in [-0.1, -0.05) is 39.7 Å². The highest BCUT2D eigenvalue weighted by Crippen LogP contribution is 2.30. The topological polar surface area (TPSA) is 81.1 Å². The van der Waals surface area contributed by atoms with Crippen LogP contribution in [0.4, 0.5) is 4.39 Å². The highest BCUT2D eigenvalue weighted by molar-refractivity contribution is 9.10. The molecule has 0 atom stereocenters. The SMILES string of the molecule is O=C(OCc1c(-c2ccc(F)c(Cl)c2)nc2ccc(Br)cn12)c1ccc2nc(-c3ccc(Br)cc3)c(CO)n2c1. The molecule has 40 heavy (non-hydrogen) atoms. The molecule has 0 bridgehead atoms. The number of ether oxygens (including phenoxy) is 1. The van der Waals surface area contributed by atoms with E-state index in [1.54, 1.807) is 33.2 Å². The molecule has 7 nitrogen and oxygen atoms in total. The van der Waals surface area contributed by atoms with Crippen molar-refractivity contribution in [1.29, 1.82) is 0 Å². The number of nitrogens with zero attached hydrogens (tertiary/aromatic N) is 4. The summed E-state index contributed by atoms with van der Waals surface area (Å²) in [6, 6.07) is 18.9. The molecule has 0 unspecified atom stereocenters. The predicted molar refractivity (Wildman–Crippen MR) is 157 cm³/mol. The third-order valence-electron chi connectivity index (χ3n) is 6.43. The fourth-order valence-electron chi connectivity index (χ4n) is 4.50. The van der Waals surface area contributed by atoms with Gasteiger partial charge in [-0.2, -0.15) is 0 Å². The highest BCUT2D eigenvalue weighted by atomic mass is 79.9. The van der Waals surface area contributed by atoms with E-state index in [2.05, 4.69) is 41.8 Å². The fraction of sp³-hybridized carbons (Fsp3) is 0.0690. The summed E-state index contributed by atoms with van der Waals surface area (Å²) >= 11 is 12.9. The molecule has 0 spiro atoms. The summed E-state index contributed by atoms with van der Waals surface area (Å²) in [5.74, 6) is -1.11. The molecule has 200 valence electrons. The van der Waals surface area contributed by atoms with Gasteiger partial charge >= 0.3 is 5.97 Å². The second kappa shape index (κ2) is 10.8. The Balaban J connectivity index is 1.34. The molecular weight excluding hydrogens is 667 g/mol. The van der Waals surface area contributed by atoms with Crippen molar-refractivity contribution in [3.8, 4) is 22.5 Å². The molecule has 2 aromatic carbocycles. The molecule has 11 heteroatoms. The van der Waals surface area contributed by atoms with E-state index in [-0.39, 0.29) is 23.8 Å². The summed E-state index contributed by atoms with van der Waals surface area (Å²) in [6.45, 7) is -0.384. The van der Waals surface area contributed by atoms with Crippen LogP contribution in [0, 0.1) is 5.82 Å². The average Bonchev–Trinajstić information content (AvgIpc) is 3.51. The van der Waals surface area contributed by atoms with Crippen molar-refractivity contribution >= 4 is 60.7 Å². The molecule has 0 aliphatic carbocycles. The van der Waals surface area contributed by atoms with E-state index >= 15 is 0 Å². The Hall–Kier alpha value is -3.57. The van der Waals surface area contributed by atoms with Crippen molar-refractivity contribution in [2.45, 2.75) is 13.2 Å². The second-order valence-corrected chi connectivity index (χ2v) is 11.1. The number of rotatable bonds is 6. The quantitative estimate of drug-likeness (QED) is 0.184. The number of pyridine rings is 2. The van der Waals surface area contributed by atoms with Crippen molar-refractivity contribution in [2.75, 3.05) is 0 Å². The fourth-order valence-corrected chi connectivity index (χ4v) is 5.28. The van der Waals surface area contributed by atoms with E-state index < -0.39 is 11.8 Å². The van der Waals surface area contributed by atoms with Gasteiger partial charge in [0, 0.05) is 32.5 Å². The first-order valence-electron chi connectivity index (χ1n) is 12.0. The zero-order valence-electron chi connectivity index (χ0n) is 20.5. The van der Waals surface area contributed by atoms with Gasteiger partial charge in [0.05, 0.1) is 40.0 Å². The number of hydrogen-bond donors (Lipinski definition) is 1. The minimum absolute atomic E-state index is 0.0329. The smallest absolute Gasteiger partial charge is 0.340 e. The molecule has 0 fully saturated rings. The maximum atomic E-state index is 13.8. The zero-order valence-corrected chi connectivity index (χ0v) is 24.4. The van der Waals surface area contributed by atoms with Crippen LogP contribution in [0.3, 0.4) is 0 Å². The first-order valence-corrected chi connectivity index (χ1v) is 14.0. The Bertz CT molecular complexity index is 1920. The van der Waals surface area contributed by atoms with Crippen LogP contribution in [0.15, 0.2) is 88.1 Å². The zero-order chi connectivity index (χ0) is 28.0. The van der Waals surface area contributed by atoms with E-state index in [4.69, 9.17) is 16.3 Å². The summed E-state index contributed by atoms with van der Waals surface area (Å²) in [4.78, 5) is 22.5. The van der Waals surface area contributed by atoms with E-state index in [0.29, 0.717) is 39.6 Å². The first-order chi connectivity index (χ1) is 19.3. The molecule has 0 amide bonds. The number of aromatic nitrogens is 4. The van der Waals surface area contributed by atoms with Crippen LogP contribution in [-0.4, -0.2) is 29.8 Å². The molecule has 4 heterocycles. The van der Waals surface area contributed by atoms with Crippen LogP contribution < -0.4 is 0 Å². The van der Waals surface area contributed by atoms with Gasteiger partial charge in [-0.15, -0.1) is 0 Å². The molecule has 4 aromatic heterocycles. The van der Waals surface area contributed by atoms with Crippen LogP contribution in [0.25, 0.3) is 33.8 Å². The van der Waals surface area contributed by atoms with Crippen molar-refractivity contribution in [1.82, 2.24) is 18.8 Å². The van der Waals surface area contributed by atoms with Gasteiger partial charge in [0.25, 0.3) is 0 Å². The van der Waals surface area contributed by atoms with Gasteiger partial charge in [0.1, 0.15) is 23.7 Å². The lowest BCUT2D eigenvalue weighted by molar-refractivity contribution is 0.0467. The molecule has 0 saturated carbocycles. The van der Waals surface area contributed by atoms with Crippen LogP contribution in [0.1, 0.15) is 21.7 Å². The average molecular weight is 685 g/mol. The van der Waals surface area contributed by atoms with Gasteiger partial charge in [-0.25, -0.2) is 19.2 Å². The van der Waals surface area contributed by atoms with Gasteiger partial charge in [-0.3, -0.25) is 4.40 Å². The standard InChI is InChI=1S/C29H18Br2ClFN4O3/c30-19-5-1-16(2-6-19)27-23(14-38)36-12-18(4-9-25(36)34-27)29(39)40-15-24-28(17-3-8-22(33)21(32)11-17)35-26-10-7-20(31)13-37(24)26/h1-13,38H,14-15H2. The van der Waals surface area contributed by atoms with Crippen LogP contribution in [0.5, 0.6) is 0 Å². The third-order valence-corrected chi connectivity index (χ3v) is 7.72. The van der Waals surface area contributed by atoms with Gasteiger partial charge in [-0.05, 0) is 70.5 Å². The molecule has 6 rings (SSSR count). The maximum Gasteiger partial charge on any atom is 0.340 e. The third kappa shape index (κ3) is 4.92.